The van der Waals surface area contributed by atoms with Crippen molar-refractivity contribution in [1.82, 2.24) is 9.62 Å². The second-order valence-electron chi connectivity index (χ2n) is 8.62. The Kier molecular flexibility index (Phi) is 9.25. The summed E-state index contributed by atoms with van der Waals surface area (Å²) < 4.78 is 55.4. The predicted octanol–water partition coefficient (Wildman–Crippen LogP) is 3.84. The Hall–Kier alpha value is -3.42. The second kappa shape index (κ2) is 12.6. The van der Waals surface area contributed by atoms with E-state index in [4.69, 9.17) is 9.56 Å². The number of nitrogens with two attached hydrogens (primary N) is 1. The van der Waals surface area contributed by atoms with Crippen molar-refractivity contribution in [3.05, 3.63) is 114 Å². The van der Waals surface area contributed by atoms with Gasteiger partial charge in [-0.25, -0.2) is 26.7 Å². The molecule has 204 valence electrons. The van der Waals surface area contributed by atoms with Crippen LogP contribution < -0.4 is 9.86 Å². The van der Waals surface area contributed by atoms with Gasteiger partial charge >= 0.3 is 5.91 Å². The fraction of sp³-hybridized carbons (Fsp3) is 0.148. The zero-order valence-electron chi connectivity index (χ0n) is 20.8. The largest absolute Gasteiger partial charge is 0.459 e. The average molecular weight is 586 g/mol. The van der Waals surface area contributed by atoms with Gasteiger partial charge in [-0.1, -0.05) is 42.5 Å². The summed E-state index contributed by atoms with van der Waals surface area (Å²) in [6.07, 6.45) is 1.29. The molecule has 0 spiro atoms. The first-order valence-electron chi connectivity index (χ1n) is 11.8. The van der Waals surface area contributed by atoms with Crippen LogP contribution in [0, 0.1) is 0 Å². The van der Waals surface area contributed by atoms with Gasteiger partial charge < -0.3 is 4.42 Å². The Morgan fingerprint density at radius 3 is 1.92 bits per heavy atom. The number of thioether (sulfide) groups is 1. The van der Waals surface area contributed by atoms with E-state index in [9.17, 15) is 21.6 Å². The number of hydrogen-bond donors (Lipinski definition) is 2. The summed E-state index contributed by atoms with van der Waals surface area (Å²) in [6.45, 7) is 1.78. The van der Waals surface area contributed by atoms with Crippen LogP contribution in [0.1, 0.15) is 21.7 Å². The molecule has 0 aliphatic carbocycles. The van der Waals surface area contributed by atoms with Crippen LogP contribution in [0.25, 0.3) is 0 Å². The smallest absolute Gasteiger partial charge is 0.300 e. The fourth-order valence-corrected chi connectivity index (χ4v) is 6.14. The lowest BCUT2D eigenvalue weighted by Crippen LogP contribution is -2.30. The number of furan rings is 1. The first-order chi connectivity index (χ1) is 18.6. The van der Waals surface area contributed by atoms with E-state index in [1.54, 1.807) is 36.0 Å². The number of nitrogens with zero attached hydrogens (tertiary/aromatic N) is 1. The molecule has 0 aliphatic heterocycles. The molecular weight excluding hydrogens is 559 g/mol. The van der Waals surface area contributed by atoms with Gasteiger partial charge in [0.25, 0.3) is 10.0 Å². The molecule has 12 heteroatoms. The van der Waals surface area contributed by atoms with E-state index >= 15 is 0 Å². The molecule has 1 aromatic heterocycles. The van der Waals surface area contributed by atoms with Crippen molar-refractivity contribution in [2.45, 2.75) is 27.8 Å². The Balaban J connectivity index is 1.45. The second-order valence-corrected chi connectivity index (χ2v) is 13.0. The third-order valence-corrected chi connectivity index (χ3v) is 8.96. The lowest BCUT2D eigenvalue weighted by molar-refractivity contribution is 0.0954. The van der Waals surface area contributed by atoms with E-state index in [1.165, 1.54) is 42.7 Å². The quantitative estimate of drug-likeness (QED) is 0.239. The molecule has 4 aromatic rings. The maximum Gasteiger partial charge on any atom is 0.300 e. The summed E-state index contributed by atoms with van der Waals surface area (Å²) in [5.74, 6) is -0.138. The Bertz CT molecular complexity index is 1590. The van der Waals surface area contributed by atoms with Crippen molar-refractivity contribution >= 4 is 37.7 Å². The van der Waals surface area contributed by atoms with E-state index in [-0.39, 0.29) is 15.6 Å². The zero-order chi connectivity index (χ0) is 27.9. The molecule has 1 amide bonds. The number of sulfonamides is 2. The van der Waals surface area contributed by atoms with E-state index in [2.05, 4.69) is 4.90 Å². The summed E-state index contributed by atoms with van der Waals surface area (Å²) in [5, 5.41) is 5.21. The molecule has 0 bridgehead atoms. The van der Waals surface area contributed by atoms with Crippen molar-refractivity contribution in [3.8, 4) is 0 Å². The molecule has 0 fully saturated rings. The third kappa shape index (κ3) is 8.28. The lowest BCUT2D eigenvalue weighted by Gasteiger charge is -2.23. The molecule has 0 aliphatic rings. The molecule has 3 aromatic carbocycles. The zero-order valence-corrected chi connectivity index (χ0v) is 23.2. The highest BCUT2D eigenvalue weighted by Crippen LogP contribution is 2.20. The van der Waals surface area contributed by atoms with Crippen molar-refractivity contribution in [3.63, 3.8) is 0 Å². The van der Waals surface area contributed by atoms with Crippen molar-refractivity contribution in [2.75, 3.05) is 12.3 Å². The first kappa shape index (κ1) is 28.6. The first-order valence-corrected chi connectivity index (χ1v) is 15.8. The van der Waals surface area contributed by atoms with Crippen LogP contribution in [0.4, 0.5) is 0 Å². The van der Waals surface area contributed by atoms with Crippen LogP contribution in [-0.2, 0) is 33.1 Å². The van der Waals surface area contributed by atoms with E-state index in [0.29, 0.717) is 13.1 Å². The van der Waals surface area contributed by atoms with Crippen LogP contribution in [0.5, 0.6) is 0 Å². The van der Waals surface area contributed by atoms with E-state index < -0.39 is 26.0 Å². The minimum absolute atomic E-state index is 0.0454. The van der Waals surface area contributed by atoms with Crippen LogP contribution in [0.3, 0.4) is 0 Å². The van der Waals surface area contributed by atoms with Gasteiger partial charge in [-0.3, -0.25) is 9.69 Å². The molecule has 39 heavy (non-hydrogen) atoms. The molecule has 0 unspecified atom stereocenters. The molecule has 3 N–H and O–H groups in total. The molecule has 4 rings (SSSR count). The van der Waals surface area contributed by atoms with Gasteiger partial charge in [0.05, 0.1) is 16.1 Å². The normalized spacial score (nSPS) is 11.9. The monoisotopic (exact) mass is 585 g/mol. The summed E-state index contributed by atoms with van der Waals surface area (Å²) in [7, 11) is -7.85. The predicted molar refractivity (Wildman–Crippen MR) is 149 cm³/mol. The van der Waals surface area contributed by atoms with Crippen LogP contribution in [0.2, 0.25) is 0 Å². The van der Waals surface area contributed by atoms with Crippen LogP contribution in [-0.4, -0.2) is 39.9 Å². The summed E-state index contributed by atoms with van der Waals surface area (Å²) in [4.78, 5) is 15.5. The molecule has 0 saturated carbocycles. The van der Waals surface area contributed by atoms with Gasteiger partial charge in [-0.2, -0.15) is 0 Å². The number of rotatable bonds is 12. The maximum absolute atomic E-state index is 12.6. The van der Waals surface area contributed by atoms with Crippen LogP contribution in [0.15, 0.2) is 116 Å². The lowest BCUT2D eigenvalue weighted by atomic mass is 10.1. The summed E-state index contributed by atoms with van der Waals surface area (Å²) >= 11 is 1.72. The number of carbonyl (C=O) groups is 1. The van der Waals surface area contributed by atoms with Crippen molar-refractivity contribution in [2.24, 2.45) is 5.14 Å². The van der Waals surface area contributed by atoms with Gasteiger partial charge in [0.1, 0.15) is 0 Å². The SMILES string of the molecule is NS(=O)(=O)c1ccc(CN(CCSc2ccccc2)Cc2ccc(S(=O)(=O)NC(=O)c3ccco3)cc2)cc1. The van der Waals surface area contributed by atoms with Crippen LogP contribution >= 0.6 is 11.8 Å². The molecule has 0 saturated heterocycles. The van der Waals surface area contributed by atoms with Gasteiger partial charge in [0, 0.05) is 30.3 Å². The van der Waals surface area contributed by atoms with E-state index in [0.717, 1.165) is 28.3 Å². The van der Waals surface area contributed by atoms with Gasteiger partial charge in [-0.15, -0.1) is 11.8 Å². The topological polar surface area (TPSA) is 140 Å². The number of hydrogen-bond acceptors (Lipinski definition) is 8. The highest BCUT2D eigenvalue weighted by molar-refractivity contribution is 7.99. The van der Waals surface area contributed by atoms with Crippen molar-refractivity contribution in [1.29, 1.82) is 0 Å². The molecule has 9 nitrogen and oxygen atoms in total. The highest BCUT2D eigenvalue weighted by Gasteiger charge is 2.20. The molecular formula is C27H27N3O6S3. The van der Waals surface area contributed by atoms with E-state index in [1.807, 2.05) is 35.1 Å². The third-order valence-electron chi connectivity index (χ3n) is 5.69. The number of amides is 1. The maximum atomic E-state index is 12.6. The Labute approximate surface area is 232 Å². The highest BCUT2D eigenvalue weighted by atomic mass is 32.2. The molecule has 0 radical (unpaired) electrons. The molecule has 1 heterocycles. The number of primary sulfonamides is 1. The number of benzene rings is 3. The standard InChI is InChI=1S/C27H27N3O6S3/c28-38(32,33)24-12-8-21(9-13-24)19-30(16-18-37-23-5-2-1-3-6-23)20-22-10-14-25(15-11-22)39(34,35)29-27(31)26-7-4-17-36-26/h1-15,17H,16,18-20H2,(H,29,31)(H2,28,32,33). The molecule has 0 atom stereocenters. The van der Waals surface area contributed by atoms with Gasteiger partial charge in [-0.05, 0) is 59.7 Å². The summed E-state index contributed by atoms with van der Waals surface area (Å²) in [6, 6.07) is 25.6. The number of carbonyl (C=O) groups excluding carboxylic acids is 1. The minimum Gasteiger partial charge on any atom is -0.459 e. The average Bonchev–Trinajstić information content (AvgIpc) is 3.45. The Morgan fingerprint density at radius 2 is 1.38 bits per heavy atom. The van der Waals surface area contributed by atoms with Crippen molar-refractivity contribution < 1.29 is 26.0 Å². The van der Waals surface area contributed by atoms with Gasteiger partial charge in [0.2, 0.25) is 10.0 Å². The summed E-state index contributed by atoms with van der Waals surface area (Å²) in [5.41, 5.74) is 1.78. The minimum atomic E-state index is -4.08. The Morgan fingerprint density at radius 1 is 0.795 bits per heavy atom. The fourth-order valence-electron chi connectivity index (χ4n) is 3.74. The van der Waals surface area contributed by atoms with Gasteiger partial charge in [0.15, 0.2) is 5.76 Å². The number of nitrogens with one attached hydrogen (secondary N) is 1.